The molecule has 5 nitrogen and oxygen atoms in total. The molecule has 17 heavy (non-hydrogen) atoms. The number of rotatable bonds is 2. The smallest absolute Gasteiger partial charge is 0.212 e. The van der Waals surface area contributed by atoms with Crippen LogP contribution in [-0.2, 0) is 9.84 Å². The molecule has 94 valence electrons. The van der Waals surface area contributed by atoms with Crippen LogP contribution in [0, 0.1) is 0 Å². The van der Waals surface area contributed by atoms with Crippen LogP contribution in [0.3, 0.4) is 0 Å². The Kier molecular flexibility index (Phi) is 2.71. The second-order valence-electron chi connectivity index (χ2n) is 4.86. The second kappa shape index (κ2) is 4.10. The maximum absolute atomic E-state index is 11.5. The molecule has 0 radical (unpaired) electrons. The highest BCUT2D eigenvalue weighted by Crippen LogP contribution is 2.36. The Balaban J connectivity index is 1.77. The van der Waals surface area contributed by atoms with Gasteiger partial charge in [-0.25, -0.2) is 13.4 Å². The van der Waals surface area contributed by atoms with E-state index < -0.39 is 9.84 Å². The van der Waals surface area contributed by atoms with Gasteiger partial charge < -0.3 is 9.73 Å². The number of hydrogen-bond donors (Lipinski definition) is 1. The van der Waals surface area contributed by atoms with Crippen molar-refractivity contribution in [3.63, 3.8) is 0 Å². The largest absolute Gasteiger partial charge is 0.447 e. The average Bonchev–Trinajstić information content (AvgIpc) is 2.62. The number of aromatic nitrogens is 1. The van der Waals surface area contributed by atoms with Gasteiger partial charge in [-0.15, -0.1) is 0 Å². The molecule has 6 heteroatoms. The molecule has 1 aromatic rings. The summed E-state index contributed by atoms with van der Waals surface area (Å²) in [7, 11) is -2.95. The van der Waals surface area contributed by atoms with Gasteiger partial charge in [-0.05, 0) is 12.8 Å². The van der Waals surface area contributed by atoms with Crippen LogP contribution in [0.25, 0.3) is 0 Å². The monoisotopic (exact) mass is 256 g/mol. The Morgan fingerprint density at radius 3 is 2.88 bits per heavy atom. The van der Waals surface area contributed by atoms with Crippen molar-refractivity contribution in [1.82, 2.24) is 10.3 Å². The van der Waals surface area contributed by atoms with Crippen LogP contribution in [0.4, 0.5) is 0 Å². The van der Waals surface area contributed by atoms with Crippen LogP contribution in [0.2, 0.25) is 0 Å². The summed E-state index contributed by atoms with van der Waals surface area (Å²) in [6.07, 6.45) is 5.27. The molecule has 1 aliphatic heterocycles. The zero-order valence-corrected chi connectivity index (χ0v) is 10.4. The molecular formula is C11H16N2O3S. The lowest BCUT2D eigenvalue weighted by atomic mass is 9.83. The maximum Gasteiger partial charge on any atom is 0.212 e. The van der Waals surface area contributed by atoms with E-state index in [4.69, 9.17) is 4.42 Å². The minimum absolute atomic E-state index is 0.0949. The van der Waals surface area contributed by atoms with Crippen molar-refractivity contribution in [1.29, 1.82) is 0 Å². The Labute approximate surface area is 101 Å². The fourth-order valence-corrected chi connectivity index (χ4v) is 3.66. The first-order chi connectivity index (χ1) is 8.14. The zero-order valence-electron chi connectivity index (χ0n) is 9.55. The van der Waals surface area contributed by atoms with Gasteiger partial charge in [0.1, 0.15) is 6.26 Å². The van der Waals surface area contributed by atoms with E-state index in [0.717, 1.165) is 5.69 Å². The van der Waals surface area contributed by atoms with Gasteiger partial charge in [-0.2, -0.15) is 0 Å². The Hall–Kier alpha value is -0.880. The number of oxazole rings is 1. The standard InChI is InChI=1S/C11H16N2O3S/c14-17(15)5-4-12-10(7-17)11-13-9(6-16-11)8-2-1-3-8/h6,8,10,12H,1-5,7H2. The third-order valence-electron chi connectivity index (χ3n) is 3.59. The van der Waals surface area contributed by atoms with E-state index >= 15 is 0 Å². The van der Waals surface area contributed by atoms with Crippen molar-refractivity contribution in [2.24, 2.45) is 0 Å². The van der Waals surface area contributed by atoms with Crippen LogP contribution in [0.5, 0.6) is 0 Å². The van der Waals surface area contributed by atoms with E-state index in [-0.39, 0.29) is 17.5 Å². The molecule has 2 aliphatic rings. The summed E-state index contributed by atoms with van der Waals surface area (Å²) >= 11 is 0. The molecule has 0 aromatic carbocycles. The summed E-state index contributed by atoms with van der Waals surface area (Å²) in [4.78, 5) is 4.43. The van der Waals surface area contributed by atoms with Gasteiger partial charge in [0, 0.05) is 12.5 Å². The highest BCUT2D eigenvalue weighted by molar-refractivity contribution is 7.91. The van der Waals surface area contributed by atoms with Crippen molar-refractivity contribution >= 4 is 9.84 Å². The molecule has 0 spiro atoms. The predicted molar refractivity (Wildman–Crippen MR) is 62.5 cm³/mol. The van der Waals surface area contributed by atoms with Gasteiger partial charge in [-0.3, -0.25) is 0 Å². The number of sulfone groups is 1. The summed E-state index contributed by atoms with van der Waals surface area (Å²) in [5, 5.41) is 3.14. The first kappa shape index (κ1) is 11.2. The van der Waals surface area contributed by atoms with Crippen molar-refractivity contribution in [2.75, 3.05) is 18.1 Å². The summed E-state index contributed by atoms with van der Waals surface area (Å²) < 4.78 is 28.5. The minimum atomic E-state index is -2.95. The second-order valence-corrected chi connectivity index (χ2v) is 7.09. The van der Waals surface area contributed by atoms with Crippen molar-refractivity contribution in [2.45, 2.75) is 31.2 Å². The maximum atomic E-state index is 11.5. The lowest BCUT2D eigenvalue weighted by Gasteiger charge is -2.23. The highest BCUT2D eigenvalue weighted by Gasteiger charge is 2.30. The lowest BCUT2D eigenvalue weighted by molar-refractivity contribution is 0.407. The molecule has 0 amide bonds. The van der Waals surface area contributed by atoms with Crippen molar-refractivity contribution in [3.05, 3.63) is 17.8 Å². The predicted octanol–water partition coefficient (Wildman–Crippen LogP) is 1.00. The van der Waals surface area contributed by atoms with E-state index in [0.29, 0.717) is 18.4 Å². The van der Waals surface area contributed by atoms with E-state index in [1.54, 1.807) is 6.26 Å². The minimum Gasteiger partial charge on any atom is -0.447 e. The number of nitrogens with zero attached hydrogens (tertiary/aromatic N) is 1. The first-order valence-corrected chi connectivity index (χ1v) is 7.85. The van der Waals surface area contributed by atoms with Crippen LogP contribution in [0.1, 0.15) is 42.8 Å². The SMILES string of the molecule is O=S1(=O)CCNC(c2nc(C3CCC3)co2)C1. The molecule has 2 fully saturated rings. The number of nitrogens with one attached hydrogen (secondary N) is 1. The average molecular weight is 256 g/mol. The van der Waals surface area contributed by atoms with Gasteiger partial charge in [-0.1, -0.05) is 6.42 Å². The fraction of sp³-hybridized carbons (Fsp3) is 0.727. The van der Waals surface area contributed by atoms with Crippen LogP contribution >= 0.6 is 0 Å². The lowest BCUT2D eigenvalue weighted by Crippen LogP contribution is -2.39. The third-order valence-corrected chi connectivity index (χ3v) is 5.25. The number of hydrogen-bond acceptors (Lipinski definition) is 5. The normalized spacial score (nSPS) is 28.8. The third kappa shape index (κ3) is 2.24. The van der Waals surface area contributed by atoms with Gasteiger partial charge in [0.2, 0.25) is 5.89 Å². The Morgan fingerprint density at radius 2 is 2.24 bits per heavy atom. The van der Waals surface area contributed by atoms with Gasteiger partial charge in [0.05, 0.1) is 23.2 Å². The topological polar surface area (TPSA) is 72.2 Å². The molecule has 1 atom stereocenters. The van der Waals surface area contributed by atoms with E-state index in [1.807, 2.05) is 0 Å². The zero-order chi connectivity index (χ0) is 11.9. The van der Waals surface area contributed by atoms with Crippen LogP contribution < -0.4 is 5.32 Å². The molecule has 1 aromatic heterocycles. The Bertz CT molecular complexity index is 505. The van der Waals surface area contributed by atoms with E-state index in [9.17, 15) is 8.42 Å². The summed E-state index contributed by atoms with van der Waals surface area (Å²) in [5.74, 6) is 1.35. The molecule has 3 rings (SSSR count). The van der Waals surface area contributed by atoms with Crippen molar-refractivity contribution < 1.29 is 12.8 Å². The van der Waals surface area contributed by atoms with Crippen LogP contribution in [0.15, 0.2) is 10.7 Å². The quantitative estimate of drug-likeness (QED) is 0.854. The summed E-state index contributed by atoms with van der Waals surface area (Å²) in [5.41, 5.74) is 0.982. The Morgan fingerprint density at radius 1 is 1.41 bits per heavy atom. The van der Waals surface area contributed by atoms with Gasteiger partial charge in [0.25, 0.3) is 0 Å². The molecule has 1 saturated heterocycles. The van der Waals surface area contributed by atoms with Gasteiger partial charge >= 0.3 is 0 Å². The molecular weight excluding hydrogens is 240 g/mol. The molecule has 0 bridgehead atoms. The molecule has 1 N–H and O–H groups in total. The summed E-state index contributed by atoms with van der Waals surface area (Å²) in [6, 6.07) is -0.275. The molecule has 1 unspecified atom stereocenters. The fourth-order valence-electron chi connectivity index (χ4n) is 2.30. The van der Waals surface area contributed by atoms with Crippen LogP contribution in [-0.4, -0.2) is 31.5 Å². The molecule has 1 aliphatic carbocycles. The molecule has 1 saturated carbocycles. The van der Waals surface area contributed by atoms with E-state index in [1.165, 1.54) is 19.3 Å². The molecule has 2 heterocycles. The highest BCUT2D eigenvalue weighted by atomic mass is 32.2. The first-order valence-electron chi connectivity index (χ1n) is 6.03. The van der Waals surface area contributed by atoms with Gasteiger partial charge in [0.15, 0.2) is 9.84 Å². The van der Waals surface area contributed by atoms with E-state index in [2.05, 4.69) is 10.3 Å². The van der Waals surface area contributed by atoms with Crippen molar-refractivity contribution in [3.8, 4) is 0 Å². The summed E-state index contributed by atoms with van der Waals surface area (Å²) in [6.45, 7) is 0.480.